The van der Waals surface area contributed by atoms with Crippen molar-refractivity contribution in [3.63, 3.8) is 0 Å². The van der Waals surface area contributed by atoms with Crippen molar-refractivity contribution >= 4 is 29.3 Å². The standard InChI is InChI=1S/C12H24ClNO.ClH/c1-2-3-4-5-6-7-10-14-11-8-9-12(13)15;/h14H,2-11H2,1H3;1H. The number of hydrogen-bond donors (Lipinski definition) is 1. The molecule has 16 heavy (non-hydrogen) atoms. The van der Waals surface area contributed by atoms with E-state index in [1.54, 1.807) is 0 Å². The van der Waals surface area contributed by atoms with Crippen molar-refractivity contribution in [3.05, 3.63) is 0 Å². The van der Waals surface area contributed by atoms with Crippen LogP contribution in [0.5, 0.6) is 0 Å². The number of halogens is 2. The van der Waals surface area contributed by atoms with Gasteiger partial charge in [-0.2, -0.15) is 0 Å². The van der Waals surface area contributed by atoms with E-state index < -0.39 is 0 Å². The average molecular weight is 270 g/mol. The molecular formula is C12H25Cl2NO. The van der Waals surface area contributed by atoms with Crippen LogP contribution in [0, 0.1) is 0 Å². The number of rotatable bonds is 11. The molecule has 4 heteroatoms. The summed E-state index contributed by atoms with van der Waals surface area (Å²) in [6.07, 6.45) is 9.33. The molecule has 0 aromatic rings. The van der Waals surface area contributed by atoms with Gasteiger partial charge in [0.1, 0.15) is 0 Å². The summed E-state index contributed by atoms with van der Waals surface area (Å²) in [5.41, 5.74) is 0. The van der Waals surface area contributed by atoms with E-state index in [4.69, 9.17) is 11.6 Å². The van der Waals surface area contributed by atoms with Crippen LogP contribution in [0.25, 0.3) is 0 Å². The molecular weight excluding hydrogens is 245 g/mol. The second kappa shape index (κ2) is 15.2. The third-order valence-corrected chi connectivity index (χ3v) is 2.62. The van der Waals surface area contributed by atoms with Gasteiger partial charge in [0, 0.05) is 6.42 Å². The predicted octanol–water partition coefficient (Wildman–Crippen LogP) is 3.90. The summed E-state index contributed by atoms with van der Waals surface area (Å²) in [5.74, 6) is 0. The van der Waals surface area contributed by atoms with Gasteiger partial charge in [-0.05, 0) is 37.5 Å². The van der Waals surface area contributed by atoms with E-state index in [2.05, 4.69) is 12.2 Å². The van der Waals surface area contributed by atoms with Gasteiger partial charge in [-0.25, -0.2) is 0 Å². The second-order valence-electron chi connectivity index (χ2n) is 3.98. The smallest absolute Gasteiger partial charge is 0.221 e. The zero-order valence-corrected chi connectivity index (χ0v) is 11.8. The van der Waals surface area contributed by atoms with E-state index in [1.807, 2.05) is 0 Å². The lowest BCUT2D eigenvalue weighted by Gasteiger charge is -2.03. The van der Waals surface area contributed by atoms with Crippen molar-refractivity contribution < 1.29 is 4.79 Å². The van der Waals surface area contributed by atoms with Crippen molar-refractivity contribution in [2.75, 3.05) is 13.1 Å². The molecule has 0 saturated heterocycles. The summed E-state index contributed by atoms with van der Waals surface area (Å²) in [6.45, 7) is 4.22. The van der Waals surface area contributed by atoms with Gasteiger partial charge in [0.05, 0.1) is 0 Å². The number of hydrogen-bond acceptors (Lipinski definition) is 2. The van der Waals surface area contributed by atoms with E-state index in [0.717, 1.165) is 19.5 Å². The molecule has 0 aromatic heterocycles. The Kier molecular flexibility index (Phi) is 17.7. The summed E-state index contributed by atoms with van der Waals surface area (Å²) in [7, 11) is 0. The van der Waals surface area contributed by atoms with Gasteiger partial charge < -0.3 is 5.32 Å². The van der Waals surface area contributed by atoms with E-state index in [1.165, 1.54) is 38.5 Å². The quantitative estimate of drug-likeness (QED) is 0.455. The van der Waals surface area contributed by atoms with Crippen molar-refractivity contribution in [2.24, 2.45) is 0 Å². The van der Waals surface area contributed by atoms with Crippen molar-refractivity contribution in [3.8, 4) is 0 Å². The molecule has 0 aliphatic rings. The first-order valence-electron chi connectivity index (χ1n) is 6.16. The fraction of sp³-hybridized carbons (Fsp3) is 0.917. The molecule has 1 N–H and O–H groups in total. The van der Waals surface area contributed by atoms with Crippen molar-refractivity contribution in [2.45, 2.75) is 58.3 Å². The average Bonchev–Trinajstić information content (AvgIpc) is 2.20. The predicted molar refractivity (Wildman–Crippen MR) is 73.6 cm³/mol. The molecule has 0 heterocycles. The molecule has 0 fully saturated rings. The van der Waals surface area contributed by atoms with E-state index >= 15 is 0 Å². The van der Waals surface area contributed by atoms with Gasteiger partial charge in [-0.3, -0.25) is 4.79 Å². The van der Waals surface area contributed by atoms with Crippen LogP contribution in [-0.4, -0.2) is 18.3 Å². The molecule has 0 aliphatic carbocycles. The van der Waals surface area contributed by atoms with Gasteiger partial charge >= 0.3 is 0 Å². The van der Waals surface area contributed by atoms with Crippen LogP contribution < -0.4 is 5.32 Å². The van der Waals surface area contributed by atoms with Gasteiger partial charge in [-0.15, -0.1) is 12.4 Å². The Bertz CT molecular complexity index is 154. The van der Waals surface area contributed by atoms with Crippen LogP contribution in [-0.2, 0) is 4.79 Å². The Morgan fingerprint density at radius 3 is 2.19 bits per heavy atom. The Morgan fingerprint density at radius 1 is 1.00 bits per heavy atom. The maximum atomic E-state index is 10.4. The normalized spacial score (nSPS) is 9.88. The molecule has 0 radical (unpaired) electrons. The Labute approximate surface area is 111 Å². The summed E-state index contributed by atoms with van der Waals surface area (Å²) in [4.78, 5) is 10.4. The number of carbonyl (C=O) groups excluding carboxylic acids is 1. The van der Waals surface area contributed by atoms with Crippen LogP contribution >= 0.6 is 24.0 Å². The monoisotopic (exact) mass is 269 g/mol. The van der Waals surface area contributed by atoms with Gasteiger partial charge in [0.15, 0.2) is 0 Å². The molecule has 2 nitrogen and oxygen atoms in total. The summed E-state index contributed by atoms with van der Waals surface area (Å²) < 4.78 is 0. The highest BCUT2D eigenvalue weighted by atomic mass is 35.5. The van der Waals surface area contributed by atoms with Crippen LogP contribution in [0.15, 0.2) is 0 Å². The van der Waals surface area contributed by atoms with E-state index in [-0.39, 0.29) is 17.6 Å². The lowest BCUT2D eigenvalue weighted by atomic mass is 10.1. The molecule has 0 amide bonds. The fourth-order valence-electron chi connectivity index (χ4n) is 1.51. The van der Waals surface area contributed by atoms with Gasteiger partial charge in [0.2, 0.25) is 5.24 Å². The Hall–Kier alpha value is 0.210. The van der Waals surface area contributed by atoms with Crippen molar-refractivity contribution in [1.29, 1.82) is 0 Å². The third-order valence-electron chi connectivity index (χ3n) is 2.43. The second-order valence-corrected chi connectivity index (χ2v) is 4.40. The molecule has 0 bridgehead atoms. The van der Waals surface area contributed by atoms with Crippen LogP contribution in [0.1, 0.15) is 58.3 Å². The first-order valence-corrected chi connectivity index (χ1v) is 6.54. The molecule has 98 valence electrons. The SMILES string of the molecule is CCCCCCCCNCCCC(=O)Cl.Cl. The molecule has 0 rings (SSSR count). The fourth-order valence-corrected chi connectivity index (χ4v) is 1.64. The van der Waals surface area contributed by atoms with Crippen LogP contribution in [0.2, 0.25) is 0 Å². The molecule has 0 aromatic carbocycles. The lowest BCUT2D eigenvalue weighted by Crippen LogP contribution is -2.17. The minimum atomic E-state index is -0.226. The molecule has 0 aliphatic heterocycles. The van der Waals surface area contributed by atoms with Gasteiger partial charge in [0.25, 0.3) is 0 Å². The number of carbonyl (C=O) groups is 1. The summed E-state index contributed by atoms with van der Waals surface area (Å²) in [6, 6.07) is 0. The minimum absolute atomic E-state index is 0. The third kappa shape index (κ3) is 16.6. The topological polar surface area (TPSA) is 29.1 Å². The molecule has 0 saturated carbocycles. The minimum Gasteiger partial charge on any atom is -0.317 e. The highest BCUT2D eigenvalue weighted by Gasteiger charge is 1.95. The van der Waals surface area contributed by atoms with Crippen LogP contribution in [0.3, 0.4) is 0 Å². The largest absolute Gasteiger partial charge is 0.317 e. The first kappa shape index (κ1) is 18.6. The zero-order valence-electron chi connectivity index (χ0n) is 10.3. The maximum absolute atomic E-state index is 10.4. The molecule has 0 spiro atoms. The van der Waals surface area contributed by atoms with Gasteiger partial charge in [-0.1, -0.05) is 39.0 Å². The summed E-state index contributed by atoms with van der Waals surface area (Å²) in [5, 5.41) is 3.10. The first-order chi connectivity index (χ1) is 7.27. The highest BCUT2D eigenvalue weighted by Crippen LogP contribution is 2.04. The number of nitrogens with one attached hydrogen (secondary N) is 1. The van der Waals surface area contributed by atoms with E-state index in [9.17, 15) is 4.79 Å². The number of unbranched alkanes of at least 4 members (excludes halogenated alkanes) is 5. The Balaban J connectivity index is 0. The van der Waals surface area contributed by atoms with Crippen molar-refractivity contribution in [1.82, 2.24) is 5.32 Å². The zero-order chi connectivity index (χ0) is 11.4. The van der Waals surface area contributed by atoms with Crippen LogP contribution in [0.4, 0.5) is 0 Å². The molecule has 0 unspecified atom stereocenters. The summed E-state index contributed by atoms with van der Waals surface area (Å²) >= 11 is 5.22. The lowest BCUT2D eigenvalue weighted by molar-refractivity contribution is -0.111. The molecule has 0 atom stereocenters. The Morgan fingerprint density at radius 2 is 1.56 bits per heavy atom. The highest BCUT2D eigenvalue weighted by molar-refractivity contribution is 6.63. The van der Waals surface area contributed by atoms with E-state index in [0.29, 0.717) is 6.42 Å². The maximum Gasteiger partial charge on any atom is 0.221 e.